The first-order chi connectivity index (χ1) is 9.97. The number of pyridine rings is 1. The number of amides is 2. The van der Waals surface area contributed by atoms with Crippen LogP contribution < -0.4 is 10.6 Å². The summed E-state index contributed by atoms with van der Waals surface area (Å²) in [5.74, 6) is -1.66. The smallest absolute Gasteiger partial charge is 0.339 e. The summed E-state index contributed by atoms with van der Waals surface area (Å²) in [7, 11) is 0. The molecule has 2 amide bonds. The number of benzene rings is 1. The van der Waals surface area contributed by atoms with Crippen LogP contribution in [0.1, 0.15) is 16.1 Å². The lowest BCUT2D eigenvalue weighted by Crippen LogP contribution is -2.20. The number of phenols is 1. The van der Waals surface area contributed by atoms with Gasteiger partial charge in [0.05, 0.1) is 11.4 Å². The number of carboxylic acids is 1. The van der Waals surface area contributed by atoms with E-state index in [1.807, 2.05) is 0 Å². The van der Waals surface area contributed by atoms with Gasteiger partial charge >= 0.3 is 12.0 Å². The lowest BCUT2D eigenvalue weighted by Gasteiger charge is -2.10. The van der Waals surface area contributed by atoms with Gasteiger partial charge in [-0.05, 0) is 31.2 Å². The standard InChI is InChI=1S/C14H13N3O4/c1-8-11(3-2-6-15-8)17-14(21)16-9-4-5-10(13(19)20)12(18)7-9/h2-7,18H,1H3,(H,19,20)(H2,16,17,21). The Morgan fingerprint density at radius 1 is 1.19 bits per heavy atom. The molecule has 0 saturated heterocycles. The Labute approximate surface area is 120 Å². The number of nitrogens with one attached hydrogen (secondary N) is 2. The van der Waals surface area contributed by atoms with Crippen LogP contribution in [0.3, 0.4) is 0 Å². The highest BCUT2D eigenvalue weighted by atomic mass is 16.4. The summed E-state index contributed by atoms with van der Waals surface area (Å²) in [5, 5.41) is 23.4. The van der Waals surface area contributed by atoms with Crippen LogP contribution in [-0.2, 0) is 0 Å². The first-order valence-electron chi connectivity index (χ1n) is 6.03. The third-order valence-corrected chi connectivity index (χ3v) is 2.74. The van der Waals surface area contributed by atoms with Crippen molar-refractivity contribution in [3.8, 4) is 5.75 Å². The number of hydrogen-bond donors (Lipinski definition) is 4. The highest BCUT2D eigenvalue weighted by molar-refractivity contribution is 6.00. The number of carbonyl (C=O) groups is 2. The van der Waals surface area contributed by atoms with E-state index < -0.39 is 17.7 Å². The van der Waals surface area contributed by atoms with Crippen molar-refractivity contribution in [3.05, 3.63) is 47.8 Å². The minimum absolute atomic E-state index is 0.232. The molecular weight excluding hydrogens is 274 g/mol. The predicted molar refractivity (Wildman–Crippen MR) is 76.7 cm³/mol. The van der Waals surface area contributed by atoms with Gasteiger partial charge in [0.2, 0.25) is 0 Å². The SMILES string of the molecule is Cc1ncccc1NC(=O)Nc1ccc(C(=O)O)c(O)c1. The molecule has 0 spiro atoms. The number of aromatic nitrogens is 1. The van der Waals surface area contributed by atoms with Gasteiger partial charge in [-0.25, -0.2) is 9.59 Å². The largest absolute Gasteiger partial charge is 0.507 e. The molecule has 0 fully saturated rings. The van der Waals surface area contributed by atoms with Crippen LogP contribution in [0.15, 0.2) is 36.5 Å². The van der Waals surface area contributed by atoms with Gasteiger partial charge in [-0.15, -0.1) is 0 Å². The zero-order chi connectivity index (χ0) is 15.4. The summed E-state index contributed by atoms with van der Waals surface area (Å²) in [4.78, 5) is 26.6. The van der Waals surface area contributed by atoms with E-state index in [0.717, 1.165) is 0 Å². The average Bonchev–Trinajstić information content (AvgIpc) is 2.41. The highest BCUT2D eigenvalue weighted by Crippen LogP contribution is 2.22. The van der Waals surface area contributed by atoms with E-state index in [0.29, 0.717) is 11.4 Å². The van der Waals surface area contributed by atoms with E-state index in [1.54, 1.807) is 25.3 Å². The topological polar surface area (TPSA) is 112 Å². The zero-order valence-corrected chi connectivity index (χ0v) is 11.1. The minimum Gasteiger partial charge on any atom is -0.507 e. The van der Waals surface area contributed by atoms with Crippen molar-refractivity contribution in [3.63, 3.8) is 0 Å². The second-order valence-corrected chi connectivity index (χ2v) is 4.25. The number of carboxylic acid groups (broad SMARTS) is 1. The zero-order valence-electron chi connectivity index (χ0n) is 11.1. The van der Waals surface area contributed by atoms with Crippen LogP contribution in [-0.4, -0.2) is 27.2 Å². The van der Waals surface area contributed by atoms with Gasteiger partial charge in [0.15, 0.2) is 0 Å². The maximum atomic E-state index is 11.8. The molecule has 2 aromatic rings. The lowest BCUT2D eigenvalue weighted by molar-refractivity contribution is 0.0694. The van der Waals surface area contributed by atoms with Crippen LogP contribution in [0.25, 0.3) is 0 Å². The normalized spacial score (nSPS) is 9.95. The monoisotopic (exact) mass is 287 g/mol. The number of aromatic hydroxyl groups is 1. The molecule has 1 aromatic heterocycles. The highest BCUT2D eigenvalue weighted by Gasteiger charge is 2.11. The van der Waals surface area contributed by atoms with E-state index in [1.165, 1.54) is 18.2 Å². The quantitative estimate of drug-likeness (QED) is 0.692. The van der Waals surface area contributed by atoms with Crippen molar-refractivity contribution in [1.82, 2.24) is 4.98 Å². The second-order valence-electron chi connectivity index (χ2n) is 4.25. The molecule has 1 aromatic carbocycles. The fraction of sp³-hybridized carbons (Fsp3) is 0.0714. The predicted octanol–water partition coefficient (Wildman–Crippen LogP) is 2.44. The molecule has 0 bridgehead atoms. The average molecular weight is 287 g/mol. The van der Waals surface area contributed by atoms with Crippen molar-refractivity contribution < 1.29 is 19.8 Å². The summed E-state index contributed by atoms with van der Waals surface area (Å²) in [6.07, 6.45) is 1.61. The summed E-state index contributed by atoms with van der Waals surface area (Å²) in [5.41, 5.74) is 1.26. The van der Waals surface area contributed by atoms with Crippen molar-refractivity contribution in [2.45, 2.75) is 6.92 Å². The fourth-order valence-corrected chi connectivity index (χ4v) is 1.69. The number of rotatable bonds is 3. The van der Waals surface area contributed by atoms with Gasteiger partial charge < -0.3 is 20.8 Å². The molecule has 0 unspecified atom stereocenters. The Hall–Kier alpha value is -3.09. The third kappa shape index (κ3) is 3.47. The van der Waals surface area contributed by atoms with E-state index in [-0.39, 0.29) is 11.3 Å². The van der Waals surface area contributed by atoms with Gasteiger partial charge in [0, 0.05) is 18.0 Å². The number of aryl methyl sites for hydroxylation is 1. The first kappa shape index (κ1) is 14.3. The molecule has 7 heteroatoms. The van der Waals surface area contributed by atoms with Crippen molar-refractivity contribution >= 4 is 23.4 Å². The van der Waals surface area contributed by atoms with Gasteiger partial charge in [-0.3, -0.25) is 4.98 Å². The number of hydrogen-bond acceptors (Lipinski definition) is 4. The fourth-order valence-electron chi connectivity index (χ4n) is 1.69. The Bertz CT molecular complexity index is 700. The molecule has 21 heavy (non-hydrogen) atoms. The van der Waals surface area contributed by atoms with E-state index >= 15 is 0 Å². The van der Waals surface area contributed by atoms with Crippen LogP contribution in [0.5, 0.6) is 5.75 Å². The third-order valence-electron chi connectivity index (χ3n) is 2.74. The van der Waals surface area contributed by atoms with Crippen LogP contribution in [0, 0.1) is 6.92 Å². The molecule has 7 nitrogen and oxygen atoms in total. The number of nitrogens with zero attached hydrogens (tertiary/aromatic N) is 1. The van der Waals surface area contributed by atoms with Crippen LogP contribution >= 0.6 is 0 Å². The summed E-state index contributed by atoms with van der Waals surface area (Å²) < 4.78 is 0. The maximum absolute atomic E-state index is 11.8. The molecule has 1 heterocycles. The number of carbonyl (C=O) groups excluding carboxylic acids is 1. The van der Waals surface area contributed by atoms with Crippen molar-refractivity contribution in [2.75, 3.05) is 10.6 Å². The van der Waals surface area contributed by atoms with Crippen LogP contribution in [0.2, 0.25) is 0 Å². The molecule has 0 radical (unpaired) electrons. The van der Waals surface area contributed by atoms with E-state index in [2.05, 4.69) is 15.6 Å². The molecule has 0 aliphatic heterocycles. The number of aromatic carboxylic acids is 1. The Balaban J connectivity index is 2.08. The minimum atomic E-state index is -1.24. The van der Waals surface area contributed by atoms with E-state index in [9.17, 15) is 14.7 Å². The lowest BCUT2D eigenvalue weighted by atomic mass is 10.2. The molecule has 108 valence electrons. The summed E-state index contributed by atoms with van der Waals surface area (Å²) in [6, 6.07) is 6.64. The molecular formula is C14H13N3O4. The van der Waals surface area contributed by atoms with E-state index in [4.69, 9.17) is 5.11 Å². The maximum Gasteiger partial charge on any atom is 0.339 e. The number of urea groups is 1. The van der Waals surface area contributed by atoms with Crippen LogP contribution in [0.4, 0.5) is 16.2 Å². The molecule has 0 aliphatic carbocycles. The first-order valence-corrected chi connectivity index (χ1v) is 6.03. The summed E-state index contributed by atoms with van der Waals surface area (Å²) >= 11 is 0. The molecule has 4 N–H and O–H groups in total. The summed E-state index contributed by atoms with van der Waals surface area (Å²) in [6.45, 7) is 1.75. The van der Waals surface area contributed by atoms with Gasteiger partial charge in [-0.1, -0.05) is 0 Å². The van der Waals surface area contributed by atoms with Gasteiger partial charge in [0.1, 0.15) is 11.3 Å². The molecule has 0 saturated carbocycles. The second kappa shape index (κ2) is 5.91. The number of anilines is 2. The van der Waals surface area contributed by atoms with Gasteiger partial charge in [-0.2, -0.15) is 0 Å². The molecule has 2 rings (SSSR count). The van der Waals surface area contributed by atoms with Crippen molar-refractivity contribution in [1.29, 1.82) is 0 Å². The molecule has 0 atom stereocenters. The Kier molecular flexibility index (Phi) is 4.03. The molecule has 0 aliphatic rings. The van der Waals surface area contributed by atoms with Crippen molar-refractivity contribution in [2.24, 2.45) is 0 Å². The Morgan fingerprint density at radius 2 is 1.95 bits per heavy atom. The Morgan fingerprint density at radius 3 is 2.57 bits per heavy atom. The van der Waals surface area contributed by atoms with Gasteiger partial charge in [0.25, 0.3) is 0 Å².